The third-order valence-corrected chi connectivity index (χ3v) is 2.65. The summed E-state index contributed by atoms with van der Waals surface area (Å²) < 4.78 is 13.0. The highest BCUT2D eigenvalue weighted by Gasteiger charge is 2.17. The number of nitrogens with two attached hydrogens (primary N) is 1. The van der Waals surface area contributed by atoms with Gasteiger partial charge in [0, 0.05) is 17.4 Å². The van der Waals surface area contributed by atoms with Crippen molar-refractivity contribution >= 4 is 11.6 Å². The minimum Gasteiger partial charge on any atom is -0.271 e. The van der Waals surface area contributed by atoms with Gasteiger partial charge in [-0.1, -0.05) is 17.7 Å². The lowest BCUT2D eigenvalue weighted by atomic mass is 10.0. The quantitative estimate of drug-likeness (QED) is 0.646. The third kappa shape index (κ3) is 2.58. The van der Waals surface area contributed by atoms with Gasteiger partial charge >= 0.3 is 0 Å². The maximum Gasteiger partial charge on any atom is 0.124 e. The van der Waals surface area contributed by atoms with E-state index >= 15 is 0 Å². The highest BCUT2D eigenvalue weighted by atomic mass is 35.5. The molecule has 0 spiro atoms. The summed E-state index contributed by atoms with van der Waals surface area (Å²) in [6, 6.07) is 3.70. The molecule has 1 heterocycles. The fourth-order valence-electron chi connectivity index (χ4n) is 1.53. The van der Waals surface area contributed by atoms with Crippen LogP contribution in [0.25, 0.3) is 0 Å². The lowest BCUT2D eigenvalue weighted by Gasteiger charge is -2.16. The molecule has 0 radical (unpaired) electrons. The average molecular weight is 253 g/mol. The van der Waals surface area contributed by atoms with Crippen LogP contribution < -0.4 is 11.3 Å². The van der Waals surface area contributed by atoms with E-state index in [0.717, 1.165) is 0 Å². The first-order valence-corrected chi connectivity index (χ1v) is 5.27. The Bertz CT molecular complexity index is 506. The molecule has 2 rings (SSSR count). The summed E-state index contributed by atoms with van der Waals surface area (Å²) >= 11 is 5.97. The summed E-state index contributed by atoms with van der Waals surface area (Å²) in [4.78, 5) is 8.08. The molecule has 88 valence electrons. The molecule has 0 aliphatic heterocycles. The number of nitrogens with zero attached hydrogens (tertiary/aromatic N) is 2. The van der Waals surface area contributed by atoms with Crippen LogP contribution in [-0.2, 0) is 0 Å². The monoisotopic (exact) mass is 252 g/mol. The van der Waals surface area contributed by atoms with Crippen LogP contribution >= 0.6 is 11.6 Å². The van der Waals surface area contributed by atoms with Gasteiger partial charge in [0.05, 0.1) is 17.9 Å². The van der Waals surface area contributed by atoms with Gasteiger partial charge in [-0.15, -0.1) is 0 Å². The fourth-order valence-corrected chi connectivity index (χ4v) is 1.81. The van der Waals surface area contributed by atoms with Gasteiger partial charge in [0.15, 0.2) is 0 Å². The van der Waals surface area contributed by atoms with Crippen LogP contribution in [0, 0.1) is 5.82 Å². The van der Waals surface area contributed by atoms with E-state index in [1.54, 1.807) is 24.7 Å². The van der Waals surface area contributed by atoms with Gasteiger partial charge in [0.1, 0.15) is 5.82 Å². The van der Waals surface area contributed by atoms with E-state index in [0.29, 0.717) is 16.3 Å². The third-order valence-electron chi connectivity index (χ3n) is 2.32. The zero-order valence-electron chi connectivity index (χ0n) is 8.77. The van der Waals surface area contributed by atoms with Crippen molar-refractivity contribution in [2.75, 3.05) is 0 Å². The number of benzene rings is 1. The molecule has 6 heteroatoms. The van der Waals surface area contributed by atoms with Crippen molar-refractivity contribution in [2.45, 2.75) is 6.04 Å². The maximum atomic E-state index is 13.0. The zero-order valence-corrected chi connectivity index (χ0v) is 9.53. The van der Waals surface area contributed by atoms with Crippen LogP contribution in [0.5, 0.6) is 0 Å². The molecule has 0 saturated heterocycles. The first-order chi connectivity index (χ1) is 8.22. The van der Waals surface area contributed by atoms with Crippen LogP contribution in [0.1, 0.15) is 17.3 Å². The molecule has 17 heavy (non-hydrogen) atoms. The van der Waals surface area contributed by atoms with E-state index < -0.39 is 11.9 Å². The van der Waals surface area contributed by atoms with Crippen LogP contribution in [0.15, 0.2) is 36.8 Å². The largest absolute Gasteiger partial charge is 0.271 e. The van der Waals surface area contributed by atoms with Crippen molar-refractivity contribution in [1.29, 1.82) is 0 Å². The van der Waals surface area contributed by atoms with E-state index in [-0.39, 0.29) is 0 Å². The Morgan fingerprint density at radius 2 is 2.18 bits per heavy atom. The lowest BCUT2D eigenvalue weighted by Crippen LogP contribution is -2.29. The zero-order chi connectivity index (χ0) is 12.3. The van der Waals surface area contributed by atoms with Crippen molar-refractivity contribution in [3.63, 3.8) is 0 Å². The van der Waals surface area contributed by atoms with Gasteiger partial charge in [0.2, 0.25) is 0 Å². The molecular formula is C11H10ClFN4. The molecule has 1 aromatic heterocycles. The number of aromatic nitrogens is 2. The number of rotatable bonds is 3. The molecule has 1 aromatic carbocycles. The Morgan fingerprint density at radius 3 is 2.76 bits per heavy atom. The van der Waals surface area contributed by atoms with E-state index in [1.807, 2.05) is 0 Å². The van der Waals surface area contributed by atoms with Gasteiger partial charge < -0.3 is 0 Å². The van der Waals surface area contributed by atoms with E-state index in [9.17, 15) is 4.39 Å². The van der Waals surface area contributed by atoms with Crippen molar-refractivity contribution in [1.82, 2.24) is 15.4 Å². The second kappa shape index (κ2) is 5.18. The lowest BCUT2D eigenvalue weighted by molar-refractivity contribution is 0.606. The van der Waals surface area contributed by atoms with Gasteiger partial charge in [-0.05, 0) is 17.7 Å². The molecule has 1 unspecified atom stereocenters. The van der Waals surface area contributed by atoms with Crippen LogP contribution in [0.3, 0.4) is 0 Å². The molecule has 2 aromatic rings. The number of hydrogen-bond acceptors (Lipinski definition) is 4. The molecule has 4 nitrogen and oxygen atoms in total. The van der Waals surface area contributed by atoms with Gasteiger partial charge in [-0.3, -0.25) is 15.8 Å². The van der Waals surface area contributed by atoms with E-state index in [4.69, 9.17) is 17.4 Å². The summed E-state index contributed by atoms with van der Waals surface area (Å²) in [5.41, 5.74) is 3.85. The topological polar surface area (TPSA) is 63.8 Å². The molecule has 0 aliphatic rings. The molecule has 0 saturated carbocycles. The Balaban J connectivity index is 2.42. The van der Waals surface area contributed by atoms with Gasteiger partial charge in [0.25, 0.3) is 0 Å². The van der Waals surface area contributed by atoms with Gasteiger partial charge in [-0.2, -0.15) is 0 Å². The predicted octanol–water partition coefficient (Wildman–Crippen LogP) is 1.82. The normalized spacial score (nSPS) is 12.4. The highest BCUT2D eigenvalue weighted by Crippen LogP contribution is 2.26. The average Bonchev–Trinajstić information content (AvgIpc) is 2.34. The first kappa shape index (κ1) is 11.9. The minimum absolute atomic E-state index is 0.290. The Morgan fingerprint density at radius 1 is 1.35 bits per heavy atom. The summed E-state index contributed by atoms with van der Waals surface area (Å²) in [7, 11) is 0. The molecule has 0 amide bonds. The second-order valence-corrected chi connectivity index (χ2v) is 3.80. The molecule has 0 bridgehead atoms. The standard InChI is InChI=1S/C11H10ClFN4/c12-9-5-7(13)1-2-8(9)11(17-14)10-6-15-3-4-16-10/h1-6,11,17H,14H2. The van der Waals surface area contributed by atoms with Crippen LogP contribution in [0.2, 0.25) is 5.02 Å². The summed E-state index contributed by atoms with van der Waals surface area (Å²) in [6.45, 7) is 0. The summed E-state index contributed by atoms with van der Waals surface area (Å²) in [6.07, 6.45) is 4.69. The summed E-state index contributed by atoms with van der Waals surface area (Å²) in [5, 5.41) is 0.290. The Kier molecular flexibility index (Phi) is 3.63. The highest BCUT2D eigenvalue weighted by molar-refractivity contribution is 6.31. The second-order valence-electron chi connectivity index (χ2n) is 3.40. The minimum atomic E-state index is -0.420. The molecule has 1 atom stereocenters. The number of hydrazine groups is 1. The number of halogens is 2. The van der Waals surface area contributed by atoms with Crippen LogP contribution in [0.4, 0.5) is 4.39 Å². The summed E-state index contributed by atoms with van der Waals surface area (Å²) in [5.74, 6) is 5.08. The number of nitrogens with one attached hydrogen (secondary N) is 1. The van der Waals surface area contributed by atoms with Gasteiger partial charge in [-0.25, -0.2) is 9.82 Å². The molecular weight excluding hydrogens is 243 g/mol. The molecule has 3 N–H and O–H groups in total. The predicted molar refractivity (Wildman–Crippen MR) is 62.6 cm³/mol. The van der Waals surface area contributed by atoms with E-state index in [2.05, 4.69) is 15.4 Å². The van der Waals surface area contributed by atoms with Crippen molar-refractivity contribution in [2.24, 2.45) is 5.84 Å². The maximum absolute atomic E-state index is 13.0. The Hall–Kier alpha value is -1.56. The van der Waals surface area contributed by atoms with Crippen molar-refractivity contribution in [3.05, 3.63) is 58.9 Å². The van der Waals surface area contributed by atoms with Crippen molar-refractivity contribution in [3.8, 4) is 0 Å². The smallest absolute Gasteiger partial charge is 0.124 e. The van der Waals surface area contributed by atoms with Crippen molar-refractivity contribution < 1.29 is 4.39 Å². The Labute approximate surface area is 103 Å². The number of hydrogen-bond donors (Lipinski definition) is 2. The first-order valence-electron chi connectivity index (χ1n) is 4.89. The molecule has 0 fully saturated rings. The van der Waals surface area contributed by atoms with E-state index in [1.165, 1.54) is 12.1 Å². The van der Waals surface area contributed by atoms with Crippen LogP contribution in [-0.4, -0.2) is 9.97 Å². The SMILES string of the molecule is NNC(c1cnccn1)c1ccc(F)cc1Cl. The fraction of sp³-hybridized carbons (Fsp3) is 0.0909. The molecule has 0 aliphatic carbocycles.